The minimum Gasteiger partial charge on any atom is -0.396 e. The van der Waals surface area contributed by atoms with E-state index in [1.165, 1.54) is 0 Å². The van der Waals surface area contributed by atoms with Gasteiger partial charge in [-0.2, -0.15) is 0 Å². The lowest BCUT2D eigenvalue weighted by Crippen LogP contribution is -2.38. The predicted molar refractivity (Wildman–Crippen MR) is 62.9 cm³/mol. The summed E-state index contributed by atoms with van der Waals surface area (Å²) >= 11 is 0. The van der Waals surface area contributed by atoms with Gasteiger partial charge in [0.15, 0.2) is 9.84 Å². The Hall–Kier alpha value is -0.130. The summed E-state index contributed by atoms with van der Waals surface area (Å²) in [6.07, 6.45) is 3.18. The number of hydrogen-bond acceptors (Lipinski definition) is 4. The van der Waals surface area contributed by atoms with Crippen molar-refractivity contribution in [3.8, 4) is 0 Å². The third-order valence-corrected chi connectivity index (χ3v) is 5.52. The highest BCUT2D eigenvalue weighted by Gasteiger charge is 2.43. The molecule has 5 heteroatoms. The van der Waals surface area contributed by atoms with E-state index in [2.05, 4.69) is 0 Å². The molecule has 1 rings (SSSR count). The summed E-state index contributed by atoms with van der Waals surface area (Å²) < 4.78 is 22.9. The Morgan fingerprint density at radius 1 is 1.31 bits per heavy atom. The number of unbranched alkanes of at least 4 members (excludes halogenated alkanes) is 1. The van der Waals surface area contributed by atoms with E-state index in [0.717, 1.165) is 12.8 Å². The van der Waals surface area contributed by atoms with Crippen molar-refractivity contribution >= 4 is 9.84 Å². The van der Waals surface area contributed by atoms with Gasteiger partial charge in [-0.25, -0.2) is 8.42 Å². The summed E-state index contributed by atoms with van der Waals surface area (Å²) in [6, 6.07) is 0. The molecule has 2 N–H and O–H groups in total. The summed E-state index contributed by atoms with van der Waals surface area (Å²) in [4.78, 5) is 0. The number of rotatable bonds is 6. The predicted octanol–water partition coefficient (Wildman–Crippen LogP) is 0.582. The van der Waals surface area contributed by atoms with E-state index >= 15 is 0 Å². The largest absolute Gasteiger partial charge is 0.396 e. The Kier molecular flexibility index (Phi) is 4.76. The molecule has 0 aromatic heterocycles. The Balaban J connectivity index is 2.77. The average Bonchev–Trinajstić information content (AvgIpc) is 2.62. The average molecular weight is 250 g/mol. The van der Waals surface area contributed by atoms with Gasteiger partial charge in [-0.1, -0.05) is 19.8 Å². The van der Waals surface area contributed by atoms with Gasteiger partial charge in [0.2, 0.25) is 0 Å². The van der Waals surface area contributed by atoms with Crippen LogP contribution in [0.25, 0.3) is 0 Å². The van der Waals surface area contributed by atoms with Crippen LogP contribution in [0.2, 0.25) is 0 Å². The normalized spacial score (nSPS) is 24.8. The molecule has 96 valence electrons. The molecule has 1 fully saturated rings. The van der Waals surface area contributed by atoms with Gasteiger partial charge in [-0.15, -0.1) is 0 Å². The molecule has 1 saturated heterocycles. The van der Waals surface area contributed by atoms with Crippen molar-refractivity contribution in [1.82, 2.24) is 0 Å². The molecule has 1 aliphatic rings. The van der Waals surface area contributed by atoms with E-state index in [-0.39, 0.29) is 30.6 Å². The van der Waals surface area contributed by atoms with Gasteiger partial charge < -0.3 is 10.2 Å². The lowest BCUT2D eigenvalue weighted by molar-refractivity contribution is 0.00346. The maximum absolute atomic E-state index is 11.4. The summed E-state index contributed by atoms with van der Waals surface area (Å²) in [5.41, 5.74) is -0.598. The highest BCUT2D eigenvalue weighted by molar-refractivity contribution is 7.91. The molecule has 4 nitrogen and oxygen atoms in total. The first-order valence-electron chi connectivity index (χ1n) is 5.92. The maximum Gasteiger partial charge on any atom is 0.150 e. The standard InChI is InChI=1S/C11H22O4S/c1-2-3-5-11(8-12,9-13)10-4-6-16(14,15)7-10/h10,12-13H,2-9H2,1H3. The highest BCUT2D eigenvalue weighted by atomic mass is 32.2. The fourth-order valence-corrected chi connectivity index (χ4v) is 4.42. The number of aliphatic hydroxyl groups is 2. The molecule has 0 bridgehead atoms. The second kappa shape index (κ2) is 5.47. The monoisotopic (exact) mass is 250 g/mol. The Labute approximate surface area is 97.6 Å². The highest BCUT2D eigenvalue weighted by Crippen LogP contribution is 2.39. The molecular weight excluding hydrogens is 228 g/mol. The summed E-state index contributed by atoms with van der Waals surface area (Å²) in [7, 11) is -2.95. The summed E-state index contributed by atoms with van der Waals surface area (Å²) in [6.45, 7) is 1.80. The summed E-state index contributed by atoms with van der Waals surface area (Å²) in [5, 5.41) is 19.0. The molecule has 1 aliphatic heterocycles. The summed E-state index contributed by atoms with van der Waals surface area (Å²) in [5.74, 6) is 0.239. The van der Waals surface area contributed by atoms with Crippen LogP contribution < -0.4 is 0 Å². The minimum atomic E-state index is -2.95. The van der Waals surface area contributed by atoms with Gasteiger partial charge in [0.05, 0.1) is 24.7 Å². The fourth-order valence-electron chi connectivity index (χ4n) is 2.48. The van der Waals surface area contributed by atoms with Crippen molar-refractivity contribution in [2.75, 3.05) is 24.7 Å². The van der Waals surface area contributed by atoms with Crippen LogP contribution in [0.3, 0.4) is 0 Å². The van der Waals surface area contributed by atoms with Crippen LogP contribution in [0.5, 0.6) is 0 Å². The Morgan fingerprint density at radius 2 is 1.94 bits per heavy atom. The molecule has 1 unspecified atom stereocenters. The first-order chi connectivity index (χ1) is 7.49. The second-order valence-electron chi connectivity index (χ2n) is 4.88. The smallest absolute Gasteiger partial charge is 0.150 e. The zero-order valence-corrected chi connectivity index (χ0v) is 10.7. The third-order valence-electron chi connectivity index (χ3n) is 3.76. The van der Waals surface area contributed by atoms with Crippen LogP contribution >= 0.6 is 0 Å². The van der Waals surface area contributed by atoms with Crippen LogP contribution in [-0.2, 0) is 9.84 Å². The first-order valence-corrected chi connectivity index (χ1v) is 7.74. The van der Waals surface area contributed by atoms with Crippen LogP contribution in [0.1, 0.15) is 32.6 Å². The zero-order valence-electron chi connectivity index (χ0n) is 9.85. The quantitative estimate of drug-likeness (QED) is 0.723. The molecule has 0 spiro atoms. The molecule has 0 aromatic rings. The fraction of sp³-hybridized carbons (Fsp3) is 1.00. The molecule has 1 atom stereocenters. The van der Waals surface area contributed by atoms with E-state index in [0.29, 0.717) is 12.8 Å². The lowest BCUT2D eigenvalue weighted by atomic mass is 9.72. The molecule has 1 heterocycles. The van der Waals surface area contributed by atoms with Crippen molar-refractivity contribution in [2.45, 2.75) is 32.6 Å². The van der Waals surface area contributed by atoms with E-state index in [1.807, 2.05) is 6.92 Å². The van der Waals surface area contributed by atoms with E-state index in [9.17, 15) is 18.6 Å². The Morgan fingerprint density at radius 3 is 2.31 bits per heavy atom. The van der Waals surface area contributed by atoms with Crippen LogP contribution in [-0.4, -0.2) is 43.4 Å². The zero-order chi connectivity index (χ0) is 12.2. The molecule has 0 saturated carbocycles. The van der Waals surface area contributed by atoms with Crippen LogP contribution in [0, 0.1) is 11.3 Å². The first kappa shape index (κ1) is 13.9. The van der Waals surface area contributed by atoms with Gasteiger partial charge in [0, 0.05) is 5.41 Å². The van der Waals surface area contributed by atoms with E-state index in [1.54, 1.807) is 0 Å². The maximum atomic E-state index is 11.4. The molecular formula is C11H22O4S. The number of aliphatic hydroxyl groups excluding tert-OH is 2. The van der Waals surface area contributed by atoms with Gasteiger partial charge in [0.1, 0.15) is 0 Å². The van der Waals surface area contributed by atoms with Crippen molar-refractivity contribution in [2.24, 2.45) is 11.3 Å². The van der Waals surface area contributed by atoms with Crippen molar-refractivity contribution in [1.29, 1.82) is 0 Å². The molecule has 0 aliphatic carbocycles. The van der Waals surface area contributed by atoms with Gasteiger partial charge >= 0.3 is 0 Å². The number of sulfone groups is 1. The molecule has 0 radical (unpaired) electrons. The van der Waals surface area contributed by atoms with E-state index < -0.39 is 15.3 Å². The van der Waals surface area contributed by atoms with Gasteiger partial charge in [-0.3, -0.25) is 0 Å². The van der Waals surface area contributed by atoms with Crippen molar-refractivity contribution in [3.63, 3.8) is 0 Å². The van der Waals surface area contributed by atoms with Gasteiger partial charge in [0.25, 0.3) is 0 Å². The van der Waals surface area contributed by atoms with Crippen LogP contribution in [0.4, 0.5) is 0 Å². The van der Waals surface area contributed by atoms with Crippen LogP contribution in [0.15, 0.2) is 0 Å². The van der Waals surface area contributed by atoms with Crippen molar-refractivity contribution < 1.29 is 18.6 Å². The van der Waals surface area contributed by atoms with E-state index in [4.69, 9.17) is 0 Å². The van der Waals surface area contributed by atoms with Crippen molar-refractivity contribution in [3.05, 3.63) is 0 Å². The lowest BCUT2D eigenvalue weighted by Gasteiger charge is -2.35. The third kappa shape index (κ3) is 2.96. The SMILES string of the molecule is CCCCC(CO)(CO)C1CCS(=O)(=O)C1. The number of hydrogen-bond donors (Lipinski definition) is 2. The Bertz CT molecular complexity index is 306. The van der Waals surface area contributed by atoms with Gasteiger partial charge in [-0.05, 0) is 18.8 Å². The topological polar surface area (TPSA) is 74.6 Å². The minimum absolute atomic E-state index is 0.0842. The molecule has 16 heavy (non-hydrogen) atoms. The second-order valence-corrected chi connectivity index (χ2v) is 7.11. The molecule has 0 amide bonds. The molecule has 0 aromatic carbocycles.